The quantitative estimate of drug-likeness (QED) is 0.627. The molecular weight excluding hydrogens is 418 g/mol. The molecule has 1 spiro atoms. The molecule has 2 heterocycles. The van der Waals surface area contributed by atoms with Gasteiger partial charge in [0.2, 0.25) is 5.88 Å². The van der Waals surface area contributed by atoms with Crippen LogP contribution >= 0.6 is 0 Å². The van der Waals surface area contributed by atoms with Crippen LogP contribution in [0.4, 0.5) is 5.82 Å². The Bertz CT molecular complexity index is 959. The second-order valence-electron chi connectivity index (χ2n) is 10.1. The van der Waals surface area contributed by atoms with Crippen LogP contribution in [0.3, 0.4) is 0 Å². The van der Waals surface area contributed by atoms with Gasteiger partial charge >= 0.3 is 0 Å². The molecule has 8 nitrogen and oxygen atoms in total. The lowest BCUT2D eigenvalue weighted by molar-refractivity contribution is -0.131. The third kappa shape index (κ3) is 4.50. The molecule has 2 aliphatic carbocycles. The van der Waals surface area contributed by atoms with E-state index in [0.29, 0.717) is 49.0 Å². The molecule has 0 aromatic carbocycles. The average molecular weight is 456 g/mol. The number of aliphatic hydroxyl groups is 1. The van der Waals surface area contributed by atoms with Gasteiger partial charge in [0, 0.05) is 38.2 Å². The minimum absolute atomic E-state index is 0.0464. The highest BCUT2D eigenvalue weighted by Crippen LogP contribution is 2.48. The van der Waals surface area contributed by atoms with Gasteiger partial charge in [-0.2, -0.15) is 4.98 Å². The number of hydrogen-bond donors (Lipinski definition) is 2. The van der Waals surface area contributed by atoms with Crippen LogP contribution in [-0.4, -0.2) is 71.3 Å². The van der Waals surface area contributed by atoms with Gasteiger partial charge in [0.1, 0.15) is 29.2 Å². The number of nitrogens with zero attached hydrogens (tertiary/aromatic N) is 4. The molecule has 180 valence electrons. The van der Waals surface area contributed by atoms with Gasteiger partial charge in [-0.1, -0.05) is 6.42 Å². The van der Waals surface area contributed by atoms with Crippen LogP contribution in [0.15, 0.2) is 17.4 Å². The summed E-state index contributed by atoms with van der Waals surface area (Å²) in [6.07, 6.45) is 7.15. The summed E-state index contributed by atoms with van der Waals surface area (Å²) < 4.78 is 6.24. The maximum absolute atomic E-state index is 12.8. The highest BCUT2D eigenvalue weighted by atomic mass is 16.5. The molecule has 33 heavy (non-hydrogen) atoms. The number of carbonyl (C=O) groups is 1. The largest absolute Gasteiger partial charge is 0.511 e. The molecule has 3 aliphatic rings. The Hall–Kier alpha value is -2.48. The zero-order chi connectivity index (χ0) is 23.8. The Morgan fingerprint density at radius 2 is 2.00 bits per heavy atom. The molecule has 0 amide bonds. The maximum atomic E-state index is 12.8. The van der Waals surface area contributed by atoms with E-state index in [9.17, 15) is 9.90 Å². The normalized spacial score (nSPS) is 27.2. The molecule has 0 unspecified atom stereocenters. The van der Waals surface area contributed by atoms with E-state index in [-0.39, 0.29) is 29.2 Å². The summed E-state index contributed by atoms with van der Waals surface area (Å²) in [6.45, 7) is 3.12. The molecule has 2 fully saturated rings. The zero-order valence-corrected chi connectivity index (χ0v) is 20.4. The fraction of sp³-hybridized carbons (Fsp3) is 0.680. The molecule has 3 atom stereocenters. The molecule has 1 aromatic heterocycles. The molecular formula is C25H37N5O3. The van der Waals surface area contributed by atoms with Crippen molar-refractivity contribution in [1.82, 2.24) is 14.9 Å². The SMILES string of the molecule is C[C@H](Oc1cc(N(C)C)nc(C(=N)C2=C(O)[C@]3(CCCCC3=O)CCC2)n1)[C@@H]1CCCN1C. The first kappa shape index (κ1) is 23.7. The van der Waals surface area contributed by atoms with Crippen molar-refractivity contribution >= 4 is 17.3 Å². The smallest absolute Gasteiger partial charge is 0.219 e. The topological polar surface area (TPSA) is 103 Å². The fourth-order valence-electron chi connectivity index (χ4n) is 5.69. The van der Waals surface area contributed by atoms with Crippen LogP contribution in [-0.2, 0) is 4.79 Å². The van der Waals surface area contributed by atoms with Crippen molar-refractivity contribution < 1.29 is 14.6 Å². The van der Waals surface area contributed by atoms with Crippen molar-refractivity contribution in [3.05, 3.63) is 23.2 Å². The van der Waals surface area contributed by atoms with E-state index in [2.05, 4.69) is 28.8 Å². The number of Topliss-reactive ketones (excluding diaryl/α,β-unsaturated/α-hetero) is 1. The monoisotopic (exact) mass is 455 g/mol. The number of likely N-dealkylation sites (tertiary alicyclic amines) is 1. The fourth-order valence-corrected chi connectivity index (χ4v) is 5.69. The van der Waals surface area contributed by atoms with Crippen molar-refractivity contribution in [2.24, 2.45) is 5.41 Å². The Morgan fingerprint density at radius 1 is 1.24 bits per heavy atom. The molecule has 0 bridgehead atoms. The van der Waals surface area contributed by atoms with Gasteiger partial charge in [-0.3, -0.25) is 15.1 Å². The number of rotatable bonds is 6. The molecule has 1 aromatic rings. The summed E-state index contributed by atoms with van der Waals surface area (Å²) >= 11 is 0. The second kappa shape index (κ2) is 9.41. The van der Waals surface area contributed by atoms with Gasteiger partial charge in [0.25, 0.3) is 0 Å². The minimum atomic E-state index is -0.821. The molecule has 1 aliphatic heterocycles. The Morgan fingerprint density at radius 3 is 2.67 bits per heavy atom. The number of aromatic nitrogens is 2. The summed E-state index contributed by atoms with van der Waals surface area (Å²) in [7, 11) is 5.89. The lowest BCUT2D eigenvalue weighted by atomic mass is 9.64. The Balaban J connectivity index is 1.66. The number of carbonyl (C=O) groups excluding carboxylic acids is 1. The molecule has 0 radical (unpaired) electrons. The van der Waals surface area contributed by atoms with Gasteiger partial charge in [0.05, 0.1) is 5.41 Å². The van der Waals surface area contributed by atoms with E-state index in [0.717, 1.165) is 38.6 Å². The third-order valence-corrected chi connectivity index (χ3v) is 7.66. The highest BCUT2D eigenvalue weighted by Gasteiger charge is 2.47. The number of likely N-dealkylation sites (N-methyl/N-ethyl adjacent to an activating group) is 1. The van der Waals surface area contributed by atoms with E-state index in [1.807, 2.05) is 19.0 Å². The van der Waals surface area contributed by atoms with Crippen molar-refractivity contribution in [1.29, 1.82) is 5.41 Å². The van der Waals surface area contributed by atoms with Gasteiger partial charge in [-0.15, -0.1) is 0 Å². The summed E-state index contributed by atoms with van der Waals surface area (Å²) in [5, 5.41) is 20.1. The average Bonchev–Trinajstić information content (AvgIpc) is 3.22. The van der Waals surface area contributed by atoms with Crippen LogP contribution in [0, 0.1) is 10.8 Å². The van der Waals surface area contributed by atoms with E-state index in [4.69, 9.17) is 10.1 Å². The lowest BCUT2D eigenvalue weighted by Crippen LogP contribution is -2.39. The first-order valence-corrected chi connectivity index (χ1v) is 12.2. The lowest BCUT2D eigenvalue weighted by Gasteiger charge is -2.39. The predicted molar refractivity (Wildman–Crippen MR) is 128 cm³/mol. The number of aliphatic hydroxyl groups excluding tert-OH is 1. The molecule has 2 N–H and O–H groups in total. The number of ketones is 1. The second-order valence-corrected chi connectivity index (χ2v) is 10.1. The van der Waals surface area contributed by atoms with Gasteiger partial charge in [-0.05, 0) is 65.5 Å². The maximum Gasteiger partial charge on any atom is 0.219 e. The Labute approximate surface area is 196 Å². The molecule has 1 saturated carbocycles. The Kier molecular flexibility index (Phi) is 6.75. The molecule has 1 saturated heterocycles. The number of hydrogen-bond acceptors (Lipinski definition) is 8. The summed E-state index contributed by atoms with van der Waals surface area (Å²) in [5.74, 6) is 1.49. The van der Waals surface area contributed by atoms with E-state index in [1.165, 1.54) is 0 Å². The van der Waals surface area contributed by atoms with Crippen LogP contribution in [0.5, 0.6) is 5.88 Å². The van der Waals surface area contributed by atoms with Crippen molar-refractivity contribution in [3.63, 3.8) is 0 Å². The number of ether oxygens (including phenoxy) is 1. The third-order valence-electron chi connectivity index (χ3n) is 7.66. The van der Waals surface area contributed by atoms with E-state index < -0.39 is 5.41 Å². The predicted octanol–water partition coefficient (Wildman–Crippen LogP) is 3.90. The zero-order valence-electron chi connectivity index (χ0n) is 20.4. The van der Waals surface area contributed by atoms with Crippen LogP contribution in [0.1, 0.15) is 70.5 Å². The number of allylic oxidation sites excluding steroid dienone is 2. The van der Waals surface area contributed by atoms with E-state index in [1.54, 1.807) is 6.07 Å². The van der Waals surface area contributed by atoms with Gasteiger partial charge in [-0.25, -0.2) is 4.98 Å². The number of nitrogens with one attached hydrogen (secondary N) is 1. The first-order chi connectivity index (χ1) is 15.7. The molecule has 8 heteroatoms. The number of anilines is 1. The molecule has 4 rings (SSSR count). The van der Waals surface area contributed by atoms with Crippen molar-refractivity contribution in [2.75, 3.05) is 32.6 Å². The van der Waals surface area contributed by atoms with Crippen LogP contribution in [0.2, 0.25) is 0 Å². The summed E-state index contributed by atoms with van der Waals surface area (Å²) in [4.78, 5) is 26.2. The van der Waals surface area contributed by atoms with Crippen LogP contribution in [0.25, 0.3) is 0 Å². The van der Waals surface area contributed by atoms with Crippen LogP contribution < -0.4 is 9.64 Å². The first-order valence-electron chi connectivity index (χ1n) is 12.2. The minimum Gasteiger partial charge on any atom is -0.511 e. The standard InChI is InChI=1S/C25H37N5O3/c1-16(18-10-8-14-30(18)4)33-21-15-20(29(2)3)27-24(28-21)22(26)17-9-7-13-25(23(17)32)12-6-5-11-19(25)31/h15-16,18,26,32H,5-14H2,1-4H3/t16-,18-,25+/m0/s1. The van der Waals surface area contributed by atoms with E-state index >= 15 is 0 Å². The summed E-state index contributed by atoms with van der Waals surface area (Å²) in [6, 6.07) is 2.12. The van der Waals surface area contributed by atoms with Crippen molar-refractivity contribution in [3.8, 4) is 5.88 Å². The van der Waals surface area contributed by atoms with Gasteiger partial charge < -0.3 is 14.7 Å². The summed E-state index contributed by atoms with van der Waals surface area (Å²) in [5.41, 5.74) is -0.232. The highest BCUT2D eigenvalue weighted by molar-refractivity contribution is 6.09. The van der Waals surface area contributed by atoms with Gasteiger partial charge in [0.15, 0.2) is 5.82 Å². The van der Waals surface area contributed by atoms with Crippen molar-refractivity contribution in [2.45, 2.75) is 76.9 Å².